The predicted octanol–water partition coefficient (Wildman–Crippen LogP) is 1.86. The number of anilines is 1. The van der Waals surface area contributed by atoms with Gasteiger partial charge >= 0.3 is 0 Å². The second kappa shape index (κ2) is 3.94. The fourth-order valence-electron chi connectivity index (χ4n) is 1.87. The molecule has 1 atom stereocenters. The molecule has 1 aromatic carbocycles. The summed E-state index contributed by atoms with van der Waals surface area (Å²) in [5.41, 5.74) is 1.91. The fraction of sp³-hybridized carbons (Fsp3) is 0.364. The number of amides is 1. The van der Waals surface area contributed by atoms with Gasteiger partial charge < -0.3 is 10.0 Å². The van der Waals surface area contributed by atoms with Crippen LogP contribution in [-0.4, -0.2) is 23.7 Å². The number of benzene rings is 1. The largest absolute Gasteiger partial charge is 0.391 e. The minimum atomic E-state index is -0.538. The third-order valence-corrected chi connectivity index (χ3v) is 3.20. The van der Waals surface area contributed by atoms with E-state index >= 15 is 0 Å². The molecular weight excluding hydrogens is 258 g/mol. The Morgan fingerprint density at radius 3 is 2.80 bits per heavy atom. The van der Waals surface area contributed by atoms with Crippen LogP contribution in [-0.2, 0) is 4.79 Å². The van der Waals surface area contributed by atoms with E-state index in [1.54, 1.807) is 4.90 Å². The van der Waals surface area contributed by atoms with Gasteiger partial charge in [-0.1, -0.05) is 12.1 Å². The first kappa shape index (κ1) is 10.6. The van der Waals surface area contributed by atoms with Crippen molar-refractivity contribution >= 4 is 27.5 Å². The van der Waals surface area contributed by atoms with Gasteiger partial charge in [0, 0.05) is 4.47 Å². The molecule has 1 N–H and O–H groups in total. The molecule has 0 aromatic heterocycles. The molecule has 2 rings (SSSR count). The van der Waals surface area contributed by atoms with E-state index in [1.165, 1.54) is 0 Å². The number of halogens is 1. The summed E-state index contributed by atoms with van der Waals surface area (Å²) in [6, 6.07) is 5.79. The van der Waals surface area contributed by atoms with Gasteiger partial charge in [-0.25, -0.2) is 0 Å². The summed E-state index contributed by atoms with van der Waals surface area (Å²) in [4.78, 5) is 13.3. The maximum atomic E-state index is 11.6. The summed E-state index contributed by atoms with van der Waals surface area (Å²) in [6.45, 7) is 2.35. The van der Waals surface area contributed by atoms with Crippen molar-refractivity contribution in [2.75, 3.05) is 11.4 Å². The molecular formula is C11H12BrNO2. The van der Waals surface area contributed by atoms with Crippen molar-refractivity contribution in [3.8, 4) is 0 Å². The average molecular weight is 270 g/mol. The normalized spacial score (nSPS) is 21.1. The molecule has 0 radical (unpaired) electrons. The molecule has 1 saturated heterocycles. The zero-order chi connectivity index (χ0) is 11.0. The highest BCUT2D eigenvalue weighted by atomic mass is 79.9. The number of nitrogens with zero attached hydrogens (tertiary/aromatic N) is 1. The maximum Gasteiger partial charge on any atom is 0.229 e. The lowest BCUT2D eigenvalue weighted by Crippen LogP contribution is -2.26. The van der Waals surface area contributed by atoms with Crippen molar-refractivity contribution < 1.29 is 9.90 Å². The van der Waals surface area contributed by atoms with Crippen LogP contribution in [0.1, 0.15) is 12.0 Å². The Balaban J connectivity index is 2.41. The van der Waals surface area contributed by atoms with Gasteiger partial charge in [0.2, 0.25) is 5.91 Å². The Bertz CT molecular complexity index is 385. The third-order valence-electron chi connectivity index (χ3n) is 2.56. The molecule has 0 spiro atoms. The summed E-state index contributed by atoms with van der Waals surface area (Å²) in [5, 5.41) is 9.44. The van der Waals surface area contributed by atoms with E-state index in [2.05, 4.69) is 15.9 Å². The van der Waals surface area contributed by atoms with Crippen molar-refractivity contribution in [2.24, 2.45) is 0 Å². The monoisotopic (exact) mass is 269 g/mol. The zero-order valence-corrected chi connectivity index (χ0v) is 9.99. The van der Waals surface area contributed by atoms with E-state index in [0.29, 0.717) is 6.54 Å². The SMILES string of the molecule is Cc1cccc(Br)c1N1CC(O)CC1=O. The molecule has 1 unspecified atom stereocenters. The molecule has 80 valence electrons. The van der Waals surface area contributed by atoms with Crippen molar-refractivity contribution in [2.45, 2.75) is 19.4 Å². The van der Waals surface area contributed by atoms with Crippen molar-refractivity contribution in [1.82, 2.24) is 0 Å². The average Bonchev–Trinajstić information content (AvgIpc) is 2.45. The highest BCUT2D eigenvalue weighted by Gasteiger charge is 2.30. The number of carbonyl (C=O) groups is 1. The Kier molecular flexibility index (Phi) is 2.80. The first-order valence-corrected chi connectivity index (χ1v) is 5.62. The van der Waals surface area contributed by atoms with Gasteiger partial charge in [0.1, 0.15) is 0 Å². The third kappa shape index (κ3) is 1.92. The van der Waals surface area contributed by atoms with Crippen LogP contribution in [0.2, 0.25) is 0 Å². The first-order valence-electron chi connectivity index (χ1n) is 4.83. The van der Waals surface area contributed by atoms with E-state index in [4.69, 9.17) is 0 Å². The van der Waals surface area contributed by atoms with Gasteiger partial charge in [0.25, 0.3) is 0 Å². The minimum absolute atomic E-state index is 0.0162. The molecule has 15 heavy (non-hydrogen) atoms. The highest BCUT2D eigenvalue weighted by molar-refractivity contribution is 9.10. The van der Waals surface area contributed by atoms with Gasteiger partial charge in [-0.15, -0.1) is 0 Å². The van der Waals surface area contributed by atoms with Crippen LogP contribution < -0.4 is 4.90 Å². The zero-order valence-electron chi connectivity index (χ0n) is 8.40. The topological polar surface area (TPSA) is 40.5 Å². The Morgan fingerprint density at radius 1 is 1.53 bits per heavy atom. The number of aliphatic hydroxyl groups is 1. The van der Waals surface area contributed by atoms with Gasteiger partial charge in [0.15, 0.2) is 0 Å². The summed E-state index contributed by atoms with van der Waals surface area (Å²) in [5.74, 6) is -0.0162. The second-order valence-corrected chi connectivity index (χ2v) is 4.62. The van der Waals surface area contributed by atoms with Crippen LogP contribution in [0, 0.1) is 6.92 Å². The van der Waals surface area contributed by atoms with Crippen molar-refractivity contribution in [3.63, 3.8) is 0 Å². The van der Waals surface area contributed by atoms with E-state index in [9.17, 15) is 9.90 Å². The van der Waals surface area contributed by atoms with E-state index in [-0.39, 0.29) is 12.3 Å². The fourth-order valence-corrected chi connectivity index (χ4v) is 2.55. The molecule has 1 heterocycles. The number of aryl methyl sites for hydroxylation is 1. The molecule has 1 aromatic rings. The van der Waals surface area contributed by atoms with Crippen molar-refractivity contribution in [3.05, 3.63) is 28.2 Å². The molecule has 1 fully saturated rings. The summed E-state index contributed by atoms with van der Waals surface area (Å²) >= 11 is 3.43. The molecule has 1 aliphatic rings. The lowest BCUT2D eigenvalue weighted by Gasteiger charge is -2.19. The number of aliphatic hydroxyl groups excluding tert-OH is 1. The Morgan fingerprint density at radius 2 is 2.27 bits per heavy atom. The summed E-state index contributed by atoms with van der Waals surface area (Å²) < 4.78 is 0.893. The van der Waals surface area contributed by atoms with Crippen LogP contribution in [0.15, 0.2) is 22.7 Å². The van der Waals surface area contributed by atoms with E-state index in [0.717, 1.165) is 15.7 Å². The highest BCUT2D eigenvalue weighted by Crippen LogP contribution is 2.32. The van der Waals surface area contributed by atoms with Crippen LogP contribution >= 0.6 is 15.9 Å². The lowest BCUT2D eigenvalue weighted by atomic mass is 10.2. The number of hydrogen-bond acceptors (Lipinski definition) is 2. The molecule has 3 nitrogen and oxygen atoms in total. The Hall–Kier alpha value is -0.870. The number of rotatable bonds is 1. The van der Waals surface area contributed by atoms with Gasteiger partial charge in [0.05, 0.1) is 24.8 Å². The van der Waals surface area contributed by atoms with Crippen molar-refractivity contribution in [1.29, 1.82) is 0 Å². The minimum Gasteiger partial charge on any atom is -0.391 e. The molecule has 1 amide bonds. The predicted molar refractivity (Wildman–Crippen MR) is 61.9 cm³/mol. The molecule has 0 saturated carbocycles. The summed E-state index contributed by atoms with van der Waals surface area (Å²) in [7, 11) is 0. The van der Waals surface area contributed by atoms with Gasteiger partial charge in [-0.3, -0.25) is 4.79 Å². The number of β-amino-alcohol motifs (C(OH)–C–C–N with tert-alkyl or cyclic N) is 1. The quantitative estimate of drug-likeness (QED) is 0.846. The summed E-state index contributed by atoms with van der Waals surface area (Å²) in [6.07, 6.45) is -0.315. The smallest absolute Gasteiger partial charge is 0.229 e. The van der Waals surface area contributed by atoms with E-state index < -0.39 is 6.10 Å². The first-order chi connectivity index (χ1) is 7.09. The number of carbonyl (C=O) groups excluding carboxylic acids is 1. The maximum absolute atomic E-state index is 11.6. The van der Waals surface area contributed by atoms with Crippen LogP contribution in [0.4, 0.5) is 5.69 Å². The molecule has 0 bridgehead atoms. The Labute approximate surface area is 96.8 Å². The van der Waals surface area contributed by atoms with E-state index in [1.807, 2.05) is 25.1 Å². The number of para-hydroxylation sites is 1. The molecule has 1 aliphatic heterocycles. The second-order valence-electron chi connectivity index (χ2n) is 3.77. The number of hydrogen-bond donors (Lipinski definition) is 1. The lowest BCUT2D eigenvalue weighted by molar-refractivity contribution is -0.117. The molecule has 4 heteroatoms. The van der Waals surface area contributed by atoms with Crippen LogP contribution in [0.5, 0.6) is 0 Å². The van der Waals surface area contributed by atoms with Crippen LogP contribution in [0.3, 0.4) is 0 Å². The standard InChI is InChI=1S/C11H12BrNO2/c1-7-3-2-4-9(12)11(7)13-6-8(14)5-10(13)15/h2-4,8,14H,5-6H2,1H3. The van der Waals surface area contributed by atoms with Crippen LogP contribution in [0.25, 0.3) is 0 Å². The van der Waals surface area contributed by atoms with Gasteiger partial charge in [-0.05, 0) is 34.5 Å². The van der Waals surface area contributed by atoms with Gasteiger partial charge in [-0.2, -0.15) is 0 Å². The molecule has 0 aliphatic carbocycles.